The predicted molar refractivity (Wildman–Crippen MR) is 76.7 cm³/mol. The Bertz CT molecular complexity index is 299. The molecular weight excluding hydrogens is 313 g/mol. The van der Waals surface area contributed by atoms with Crippen LogP contribution in [0.3, 0.4) is 0 Å². The van der Waals surface area contributed by atoms with Crippen LogP contribution in [-0.2, 0) is 4.74 Å². The molecule has 0 aliphatic carbocycles. The summed E-state index contributed by atoms with van der Waals surface area (Å²) in [7, 11) is 0. The number of hydrogen-bond donors (Lipinski definition) is 1. The largest absolute Gasteiger partial charge is 0.380 e. The van der Waals surface area contributed by atoms with Crippen molar-refractivity contribution in [2.75, 3.05) is 13.2 Å². The molecule has 0 heterocycles. The second kappa shape index (κ2) is 7.25. The molecule has 2 unspecified atom stereocenters. The maximum absolute atomic E-state index is 5.39. The third-order valence-corrected chi connectivity index (χ3v) is 3.20. The Morgan fingerprint density at radius 3 is 2.44 bits per heavy atom. The molecule has 2 atom stereocenters. The smallest absolute Gasteiger partial charge is 0.0616 e. The van der Waals surface area contributed by atoms with E-state index in [-0.39, 0.29) is 0 Å². The molecule has 1 rings (SSSR count). The van der Waals surface area contributed by atoms with Crippen LogP contribution in [0.25, 0.3) is 0 Å². The molecule has 0 amide bonds. The molecule has 3 heteroatoms. The molecule has 0 aliphatic rings. The second-order valence-electron chi connectivity index (χ2n) is 4.00. The summed E-state index contributed by atoms with van der Waals surface area (Å²) in [5.74, 6) is 0. The first-order valence-corrected chi connectivity index (χ1v) is 6.80. The van der Waals surface area contributed by atoms with E-state index in [9.17, 15) is 0 Å². The lowest BCUT2D eigenvalue weighted by Gasteiger charge is -2.20. The van der Waals surface area contributed by atoms with Crippen molar-refractivity contribution in [3.8, 4) is 0 Å². The van der Waals surface area contributed by atoms with Crippen LogP contribution in [0.1, 0.15) is 32.4 Å². The van der Waals surface area contributed by atoms with Crippen LogP contribution >= 0.6 is 22.6 Å². The van der Waals surface area contributed by atoms with Crippen LogP contribution in [0.15, 0.2) is 24.3 Å². The van der Waals surface area contributed by atoms with E-state index < -0.39 is 0 Å². The van der Waals surface area contributed by atoms with Crippen LogP contribution in [0, 0.1) is 3.57 Å². The van der Waals surface area contributed by atoms with Gasteiger partial charge >= 0.3 is 0 Å². The first-order chi connectivity index (χ1) is 7.63. The van der Waals surface area contributed by atoms with Crippen molar-refractivity contribution < 1.29 is 4.74 Å². The predicted octanol–water partition coefficient (Wildman–Crippen LogP) is 3.37. The highest BCUT2D eigenvalue weighted by Gasteiger charge is 2.08. The highest BCUT2D eigenvalue weighted by Crippen LogP contribution is 2.14. The summed E-state index contributed by atoms with van der Waals surface area (Å²) in [5, 5.41) is 3.52. The molecule has 1 N–H and O–H groups in total. The van der Waals surface area contributed by atoms with Crippen molar-refractivity contribution in [1.82, 2.24) is 5.32 Å². The van der Waals surface area contributed by atoms with Crippen LogP contribution in [0.2, 0.25) is 0 Å². The van der Waals surface area contributed by atoms with Crippen LogP contribution in [0.4, 0.5) is 0 Å². The molecule has 90 valence electrons. The lowest BCUT2D eigenvalue weighted by molar-refractivity contribution is 0.124. The van der Waals surface area contributed by atoms with E-state index in [0.29, 0.717) is 12.1 Å². The standard InChI is InChI=1S/C13H20INO/c1-4-16-9-10(2)15-11(3)12-5-7-13(14)8-6-12/h5-8,10-11,15H,4,9H2,1-3H3. The zero-order chi connectivity index (χ0) is 12.0. The van der Waals surface area contributed by atoms with Gasteiger partial charge in [-0.25, -0.2) is 0 Å². The Morgan fingerprint density at radius 1 is 1.25 bits per heavy atom. The van der Waals surface area contributed by atoms with Crippen molar-refractivity contribution in [2.45, 2.75) is 32.9 Å². The molecule has 0 fully saturated rings. The third-order valence-electron chi connectivity index (χ3n) is 2.48. The summed E-state index contributed by atoms with van der Waals surface area (Å²) in [6, 6.07) is 9.38. The third kappa shape index (κ3) is 4.80. The van der Waals surface area contributed by atoms with Gasteiger partial charge in [-0.15, -0.1) is 0 Å². The van der Waals surface area contributed by atoms with Gasteiger partial charge in [0.25, 0.3) is 0 Å². The second-order valence-corrected chi connectivity index (χ2v) is 5.25. The molecule has 0 saturated heterocycles. The van der Waals surface area contributed by atoms with Crippen molar-refractivity contribution in [2.24, 2.45) is 0 Å². The van der Waals surface area contributed by atoms with Gasteiger partial charge < -0.3 is 10.1 Å². The van der Waals surface area contributed by atoms with Gasteiger partial charge in [0.2, 0.25) is 0 Å². The highest BCUT2D eigenvalue weighted by atomic mass is 127. The van der Waals surface area contributed by atoms with Crippen molar-refractivity contribution in [1.29, 1.82) is 0 Å². The molecule has 0 aliphatic heterocycles. The Balaban J connectivity index is 2.45. The van der Waals surface area contributed by atoms with Crippen molar-refractivity contribution in [3.05, 3.63) is 33.4 Å². The van der Waals surface area contributed by atoms with E-state index in [0.717, 1.165) is 13.2 Å². The Hall–Kier alpha value is -0.130. The minimum atomic E-state index is 0.368. The van der Waals surface area contributed by atoms with Gasteiger partial charge in [-0.3, -0.25) is 0 Å². The summed E-state index contributed by atoms with van der Waals surface area (Å²) < 4.78 is 6.66. The molecule has 1 aromatic carbocycles. The van der Waals surface area contributed by atoms with E-state index in [1.54, 1.807) is 0 Å². The topological polar surface area (TPSA) is 21.3 Å². The van der Waals surface area contributed by atoms with Crippen LogP contribution in [-0.4, -0.2) is 19.3 Å². The zero-order valence-corrected chi connectivity index (χ0v) is 12.3. The summed E-state index contributed by atoms with van der Waals surface area (Å²) in [5.41, 5.74) is 1.32. The first-order valence-electron chi connectivity index (χ1n) is 5.72. The first kappa shape index (κ1) is 13.9. The summed E-state index contributed by atoms with van der Waals surface area (Å²) in [6.07, 6.45) is 0. The molecule has 0 aromatic heterocycles. The number of benzene rings is 1. The molecule has 0 spiro atoms. The van der Waals surface area contributed by atoms with Crippen LogP contribution < -0.4 is 5.32 Å². The number of rotatable bonds is 6. The maximum atomic E-state index is 5.39. The zero-order valence-electron chi connectivity index (χ0n) is 10.2. The van der Waals surface area contributed by atoms with Gasteiger partial charge in [0.15, 0.2) is 0 Å². The van der Waals surface area contributed by atoms with Gasteiger partial charge in [0.05, 0.1) is 6.61 Å². The fourth-order valence-electron chi connectivity index (χ4n) is 1.62. The van der Waals surface area contributed by atoms with Crippen molar-refractivity contribution in [3.63, 3.8) is 0 Å². The fourth-order valence-corrected chi connectivity index (χ4v) is 1.98. The van der Waals surface area contributed by atoms with E-state index in [4.69, 9.17) is 4.74 Å². The van der Waals surface area contributed by atoms with E-state index >= 15 is 0 Å². The summed E-state index contributed by atoms with van der Waals surface area (Å²) in [4.78, 5) is 0. The van der Waals surface area contributed by atoms with Gasteiger partial charge in [0.1, 0.15) is 0 Å². The Kier molecular flexibility index (Phi) is 6.31. The monoisotopic (exact) mass is 333 g/mol. The minimum absolute atomic E-state index is 0.368. The molecular formula is C13H20INO. The Labute approximate surface area is 112 Å². The van der Waals surface area contributed by atoms with E-state index in [2.05, 4.69) is 66.0 Å². The maximum Gasteiger partial charge on any atom is 0.0616 e. The van der Waals surface area contributed by atoms with Crippen molar-refractivity contribution >= 4 is 22.6 Å². The lowest BCUT2D eigenvalue weighted by atomic mass is 10.1. The van der Waals surface area contributed by atoms with Crippen LogP contribution in [0.5, 0.6) is 0 Å². The van der Waals surface area contributed by atoms with Gasteiger partial charge in [-0.05, 0) is 61.1 Å². The number of halogens is 1. The summed E-state index contributed by atoms with van der Waals surface area (Å²) in [6.45, 7) is 7.91. The summed E-state index contributed by atoms with van der Waals surface area (Å²) >= 11 is 2.32. The fraction of sp³-hybridized carbons (Fsp3) is 0.538. The molecule has 2 nitrogen and oxygen atoms in total. The quantitative estimate of drug-likeness (QED) is 0.806. The number of hydrogen-bond acceptors (Lipinski definition) is 2. The average molecular weight is 333 g/mol. The number of ether oxygens (including phenoxy) is 1. The molecule has 0 bridgehead atoms. The molecule has 0 saturated carbocycles. The van der Waals surface area contributed by atoms with E-state index in [1.165, 1.54) is 9.13 Å². The lowest BCUT2D eigenvalue weighted by Crippen LogP contribution is -2.32. The minimum Gasteiger partial charge on any atom is -0.380 e. The Morgan fingerprint density at radius 2 is 1.88 bits per heavy atom. The SMILES string of the molecule is CCOCC(C)NC(C)c1ccc(I)cc1. The average Bonchev–Trinajstić information content (AvgIpc) is 2.27. The molecule has 0 radical (unpaired) electrons. The van der Waals surface area contributed by atoms with E-state index in [1.807, 2.05) is 6.92 Å². The van der Waals surface area contributed by atoms with Gasteiger partial charge in [-0.1, -0.05) is 12.1 Å². The van der Waals surface area contributed by atoms with Gasteiger partial charge in [-0.2, -0.15) is 0 Å². The molecule has 1 aromatic rings. The normalized spacial score (nSPS) is 14.8. The highest BCUT2D eigenvalue weighted by molar-refractivity contribution is 14.1. The molecule has 16 heavy (non-hydrogen) atoms. The van der Waals surface area contributed by atoms with Gasteiger partial charge in [0, 0.05) is 22.3 Å². The number of nitrogens with one attached hydrogen (secondary N) is 1.